The third kappa shape index (κ3) is 3.46. The number of methoxy groups -OCH3 is 2. The third-order valence-electron chi connectivity index (χ3n) is 4.10. The van der Waals surface area contributed by atoms with Crippen LogP contribution >= 0.6 is 11.6 Å². The van der Waals surface area contributed by atoms with Crippen molar-refractivity contribution >= 4 is 34.6 Å². The highest BCUT2D eigenvalue weighted by molar-refractivity contribution is 6.31. The molecule has 1 aromatic heterocycles. The Morgan fingerprint density at radius 2 is 2.04 bits per heavy atom. The van der Waals surface area contributed by atoms with Gasteiger partial charge >= 0.3 is 12.1 Å². The summed E-state index contributed by atoms with van der Waals surface area (Å²) in [6, 6.07) is 6.33. The zero-order valence-electron chi connectivity index (χ0n) is 13.8. The van der Waals surface area contributed by atoms with Gasteiger partial charge in [-0.3, -0.25) is 9.88 Å². The van der Waals surface area contributed by atoms with E-state index in [9.17, 15) is 9.59 Å². The number of pyridine rings is 1. The first-order valence-corrected chi connectivity index (χ1v) is 8.04. The number of halogens is 1. The molecule has 0 aliphatic carbocycles. The Kier molecular flexibility index (Phi) is 4.94. The molecule has 1 aliphatic heterocycles. The molecule has 2 heterocycles. The van der Waals surface area contributed by atoms with Gasteiger partial charge in [-0.15, -0.1) is 0 Å². The van der Waals surface area contributed by atoms with Gasteiger partial charge in [0.05, 0.1) is 26.3 Å². The second kappa shape index (κ2) is 7.14. The van der Waals surface area contributed by atoms with E-state index in [-0.39, 0.29) is 12.6 Å². The fourth-order valence-electron chi connectivity index (χ4n) is 2.94. The Hall–Kier alpha value is -2.54. The third-order valence-corrected chi connectivity index (χ3v) is 4.34. The van der Waals surface area contributed by atoms with Crippen LogP contribution in [0, 0.1) is 0 Å². The second-order valence-corrected chi connectivity index (χ2v) is 6.04. The lowest BCUT2D eigenvalue weighted by Gasteiger charge is -2.20. The number of hydrogen-bond donors (Lipinski definition) is 0. The Labute approximate surface area is 149 Å². The summed E-state index contributed by atoms with van der Waals surface area (Å²) >= 11 is 5.99. The summed E-state index contributed by atoms with van der Waals surface area (Å²) in [7, 11) is 2.55. The van der Waals surface area contributed by atoms with Crippen LogP contribution in [0.1, 0.15) is 6.42 Å². The summed E-state index contributed by atoms with van der Waals surface area (Å²) in [5, 5.41) is 1.39. The summed E-state index contributed by atoms with van der Waals surface area (Å²) in [6.07, 6.45) is 0.982. The van der Waals surface area contributed by atoms with E-state index in [1.165, 1.54) is 19.1 Å². The number of rotatable bonds is 3. The molecule has 0 bridgehead atoms. The largest absolute Gasteiger partial charge is 0.488 e. The first-order valence-electron chi connectivity index (χ1n) is 7.67. The number of nitrogens with zero attached hydrogens (tertiary/aromatic N) is 2. The van der Waals surface area contributed by atoms with Crippen molar-refractivity contribution in [2.45, 2.75) is 18.6 Å². The highest BCUT2D eigenvalue weighted by Crippen LogP contribution is 2.30. The number of likely N-dealkylation sites (tertiary alicyclic amines) is 1. The molecule has 2 atom stereocenters. The first-order chi connectivity index (χ1) is 12.0. The van der Waals surface area contributed by atoms with Crippen molar-refractivity contribution in [3.63, 3.8) is 0 Å². The van der Waals surface area contributed by atoms with Crippen molar-refractivity contribution in [2.24, 2.45) is 0 Å². The van der Waals surface area contributed by atoms with Crippen LogP contribution in [0.4, 0.5) is 4.79 Å². The molecule has 0 N–H and O–H groups in total. The Bertz CT molecular complexity index is 789. The normalized spacial score (nSPS) is 19.7. The predicted octanol–water partition coefficient (Wildman–Crippen LogP) is 2.65. The number of esters is 1. The quantitative estimate of drug-likeness (QED) is 0.779. The molecule has 1 saturated heterocycles. The minimum absolute atomic E-state index is 0.226. The van der Waals surface area contributed by atoms with Gasteiger partial charge in [-0.05, 0) is 24.3 Å². The van der Waals surface area contributed by atoms with Gasteiger partial charge in [0.15, 0.2) is 0 Å². The van der Waals surface area contributed by atoms with E-state index in [0.29, 0.717) is 22.7 Å². The summed E-state index contributed by atoms with van der Waals surface area (Å²) in [5.74, 6) is 0.116. The topological polar surface area (TPSA) is 78.0 Å². The summed E-state index contributed by atoms with van der Waals surface area (Å²) in [5.41, 5.74) is 0.706. The Balaban J connectivity index is 1.84. The average Bonchev–Trinajstić information content (AvgIpc) is 3.04. The van der Waals surface area contributed by atoms with E-state index in [1.54, 1.807) is 24.4 Å². The Morgan fingerprint density at radius 3 is 2.76 bits per heavy atom. The first kappa shape index (κ1) is 17.3. The maximum Gasteiger partial charge on any atom is 0.410 e. The van der Waals surface area contributed by atoms with Gasteiger partial charge in [0.25, 0.3) is 0 Å². The van der Waals surface area contributed by atoms with Gasteiger partial charge in [0.2, 0.25) is 0 Å². The van der Waals surface area contributed by atoms with Crippen molar-refractivity contribution in [1.29, 1.82) is 0 Å². The number of hydrogen-bond acceptors (Lipinski definition) is 6. The molecule has 0 spiro atoms. The van der Waals surface area contributed by atoms with E-state index in [2.05, 4.69) is 4.98 Å². The lowest BCUT2D eigenvalue weighted by atomic mass is 10.2. The van der Waals surface area contributed by atoms with Crippen LogP contribution in [-0.2, 0) is 14.3 Å². The zero-order chi connectivity index (χ0) is 18.0. The number of amides is 1. The van der Waals surface area contributed by atoms with E-state index in [0.717, 1.165) is 5.39 Å². The minimum Gasteiger partial charge on any atom is -0.488 e. The minimum atomic E-state index is -0.731. The van der Waals surface area contributed by atoms with Gasteiger partial charge in [-0.2, -0.15) is 0 Å². The molecule has 7 nitrogen and oxygen atoms in total. The number of carbonyl (C=O) groups is 2. The highest BCUT2D eigenvalue weighted by atomic mass is 35.5. The van der Waals surface area contributed by atoms with E-state index in [4.69, 9.17) is 25.8 Å². The monoisotopic (exact) mass is 364 g/mol. The van der Waals surface area contributed by atoms with Crippen molar-refractivity contribution in [3.05, 3.63) is 35.5 Å². The molecule has 1 aromatic carbocycles. The summed E-state index contributed by atoms with van der Waals surface area (Å²) < 4.78 is 15.6. The molecule has 8 heteroatoms. The second-order valence-electron chi connectivity index (χ2n) is 5.61. The number of ether oxygens (including phenoxy) is 3. The number of fused-ring (bicyclic) bond motifs is 1. The van der Waals surface area contributed by atoms with Crippen LogP contribution in [0.2, 0.25) is 5.02 Å². The molecular formula is C17H17ClN2O5. The van der Waals surface area contributed by atoms with Crippen LogP contribution in [0.3, 0.4) is 0 Å². The molecule has 2 aromatic rings. The standard InChI is InChI=1S/C17H17ClN2O5/c1-23-16(21)14-8-11(9-20(14)17(22)24-2)25-15-5-6-19-13-7-10(18)3-4-12(13)15/h3-7,11,14H,8-9H2,1-2H3/t11-,14+/m1/s1. The maximum atomic E-state index is 11.9. The molecule has 1 fully saturated rings. The summed E-state index contributed by atoms with van der Waals surface area (Å²) in [4.78, 5) is 29.4. The van der Waals surface area contributed by atoms with E-state index < -0.39 is 18.1 Å². The molecule has 0 saturated carbocycles. The smallest absolute Gasteiger partial charge is 0.410 e. The number of aromatic nitrogens is 1. The molecule has 0 radical (unpaired) electrons. The van der Waals surface area contributed by atoms with Crippen molar-refractivity contribution < 1.29 is 23.8 Å². The van der Waals surface area contributed by atoms with Gasteiger partial charge in [0.1, 0.15) is 17.9 Å². The van der Waals surface area contributed by atoms with Crippen LogP contribution in [0.5, 0.6) is 5.75 Å². The van der Waals surface area contributed by atoms with Crippen LogP contribution in [0.15, 0.2) is 30.5 Å². The van der Waals surface area contributed by atoms with E-state index >= 15 is 0 Å². The molecular weight excluding hydrogens is 348 g/mol. The van der Waals surface area contributed by atoms with Crippen LogP contribution in [-0.4, -0.2) is 54.9 Å². The van der Waals surface area contributed by atoms with Crippen molar-refractivity contribution in [3.8, 4) is 5.75 Å². The maximum absolute atomic E-state index is 11.9. The summed E-state index contributed by atoms with van der Waals surface area (Å²) in [6.45, 7) is 0.226. The van der Waals surface area contributed by atoms with Crippen LogP contribution < -0.4 is 4.74 Å². The molecule has 1 amide bonds. The fraction of sp³-hybridized carbons (Fsp3) is 0.353. The molecule has 0 unspecified atom stereocenters. The number of benzene rings is 1. The van der Waals surface area contributed by atoms with Gasteiger partial charge in [0, 0.05) is 23.0 Å². The van der Waals surface area contributed by atoms with Gasteiger partial charge < -0.3 is 14.2 Å². The SMILES string of the molecule is COC(=O)[C@@H]1C[C@@H](Oc2ccnc3cc(Cl)ccc23)CN1C(=O)OC. The molecule has 132 valence electrons. The molecule has 1 aliphatic rings. The van der Waals surface area contributed by atoms with Gasteiger partial charge in [-0.25, -0.2) is 9.59 Å². The van der Waals surface area contributed by atoms with Crippen molar-refractivity contribution in [1.82, 2.24) is 9.88 Å². The molecule has 25 heavy (non-hydrogen) atoms. The number of carbonyl (C=O) groups excluding carboxylic acids is 2. The molecule has 3 rings (SSSR count). The average molecular weight is 365 g/mol. The predicted molar refractivity (Wildman–Crippen MR) is 90.7 cm³/mol. The van der Waals surface area contributed by atoms with Gasteiger partial charge in [-0.1, -0.05) is 11.6 Å². The van der Waals surface area contributed by atoms with Crippen molar-refractivity contribution in [2.75, 3.05) is 20.8 Å². The lowest BCUT2D eigenvalue weighted by Crippen LogP contribution is -2.41. The van der Waals surface area contributed by atoms with Crippen LogP contribution in [0.25, 0.3) is 10.9 Å². The lowest BCUT2D eigenvalue weighted by molar-refractivity contribution is -0.145. The Morgan fingerprint density at radius 1 is 1.24 bits per heavy atom. The zero-order valence-corrected chi connectivity index (χ0v) is 14.5. The highest BCUT2D eigenvalue weighted by Gasteiger charge is 2.42. The van der Waals surface area contributed by atoms with E-state index in [1.807, 2.05) is 6.07 Å². The fourth-order valence-corrected chi connectivity index (χ4v) is 3.11.